The minimum Gasteiger partial charge on any atom is -0.462 e. The van der Waals surface area contributed by atoms with E-state index < -0.39 is 17.8 Å². The van der Waals surface area contributed by atoms with Gasteiger partial charge in [-0.05, 0) is 44.0 Å². The number of thioether (sulfide) groups is 1. The number of hydrogen-bond donors (Lipinski definition) is 1. The van der Waals surface area contributed by atoms with Crippen molar-refractivity contribution in [2.24, 2.45) is 0 Å². The molecule has 3 heterocycles. The van der Waals surface area contributed by atoms with E-state index in [9.17, 15) is 18.8 Å². The van der Waals surface area contributed by atoms with Gasteiger partial charge in [0.05, 0.1) is 29.9 Å². The summed E-state index contributed by atoms with van der Waals surface area (Å²) in [6.07, 6.45) is 1.43. The second-order valence-electron chi connectivity index (χ2n) is 7.55. The lowest BCUT2D eigenvalue weighted by Crippen LogP contribution is -2.16. The molecule has 0 aliphatic carbocycles. The van der Waals surface area contributed by atoms with Crippen LogP contribution in [0.25, 0.3) is 21.3 Å². The number of carbonyl (C=O) groups excluding carboxylic acids is 3. The van der Waals surface area contributed by atoms with Crippen molar-refractivity contribution in [1.29, 1.82) is 0 Å². The van der Waals surface area contributed by atoms with Gasteiger partial charge in [0, 0.05) is 10.9 Å². The van der Waals surface area contributed by atoms with Crippen LogP contribution in [-0.4, -0.2) is 46.8 Å². The molecule has 0 aliphatic heterocycles. The third-order valence-corrected chi connectivity index (χ3v) is 8.23. The van der Waals surface area contributed by atoms with Crippen molar-refractivity contribution in [1.82, 2.24) is 9.97 Å². The highest BCUT2D eigenvalue weighted by molar-refractivity contribution is 8.00. The molecule has 0 aliphatic rings. The molecule has 0 bridgehead atoms. The van der Waals surface area contributed by atoms with Gasteiger partial charge in [-0.25, -0.2) is 23.9 Å². The van der Waals surface area contributed by atoms with E-state index in [0.29, 0.717) is 10.6 Å². The van der Waals surface area contributed by atoms with E-state index in [1.165, 1.54) is 41.6 Å². The van der Waals surface area contributed by atoms with Crippen LogP contribution in [-0.2, 0) is 14.3 Å². The number of carbonyl (C=O) groups is 3. The number of ether oxygens (including phenoxy) is 2. The molecule has 12 heteroatoms. The fourth-order valence-electron chi connectivity index (χ4n) is 3.54. The van der Waals surface area contributed by atoms with Crippen molar-refractivity contribution in [2.75, 3.05) is 24.3 Å². The van der Waals surface area contributed by atoms with Gasteiger partial charge in [-0.15, -0.1) is 22.7 Å². The topological polar surface area (TPSA) is 107 Å². The van der Waals surface area contributed by atoms with Gasteiger partial charge in [-0.2, -0.15) is 0 Å². The highest BCUT2D eigenvalue weighted by Gasteiger charge is 2.27. The van der Waals surface area contributed by atoms with Gasteiger partial charge in [0.25, 0.3) is 0 Å². The van der Waals surface area contributed by atoms with Gasteiger partial charge in [-0.3, -0.25) is 4.79 Å². The molecule has 4 rings (SSSR count). The number of amides is 1. The van der Waals surface area contributed by atoms with E-state index in [-0.39, 0.29) is 40.2 Å². The molecule has 1 aromatic carbocycles. The molecule has 0 unspecified atom stereocenters. The van der Waals surface area contributed by atoms with Crippen LogP contribution in [0.4, 0.5) is 9.39 Å². The second-order valence-corrected chi connectivity index (χ2v) is 10.4. The van der Waals surface area contributed by atoms with Crippen molar-refractivity contribution in [2.45, 2.75) is 25.8 Å². The van der Waals surface area contributed by atoms with E-state index in [4.69, 9.17) is 9.47 Å². The van der Waals surface area contributed by atoms with Crippen LogP contribution in [0.15, 0.2) is 41.0 Å². The highest BCUT2D eigenvalue weighted by Crippen LogP contribution is 2.38. The molecule has 8 nitrogen and oxygen atoms in total. The van der Waals surface area contributed by atoms with Crippen LogP contribution < -0.4 is 5.32 Å². The average molecular weight is 560 g/mol. The largest absolute Gasteiger partial charge is 0.462 e. The first-order valence-electron chi connectivity index (χ1n) is 11.2. The van der Waals surface area contributed by atoms with Gasteiger partial charge in [-0.1, -0.05) is 23.9 Å². The minimum absolute atomic E-state index is 0.0151. The molecule has 0 fully saturated rings. The summed E-state index contributed by atoms with van der Waals surface area (Å²) in [6.45, 7) is 5.30. The predicted octanol–water partition coefficient (Wildman–Crippen LogP) is 5.95. The number of esters is 2. The van der Waals surface area contributed by atoms with Crippen LogP contribution in [0.1, 0.15) is 39.4 Å². The van der Waals surface area contributed by atoms with Crippen molar-refractivity contribution >= 4 is 67.5 Å². The fourth-order valence-corrected chi connectivity index (χ4v) is 6.44. The monoisotopic (exact) mass is 559 g/mol. The SMILES string of the molecule is CCOC(=O)c1sc(NC(=O)CSc2ncnc3scc(-c4ccc(F)cc4)c23)c(C(=O)OCC)c1C. The number of hydrogen-bond acceptors (Lipinski definition) is 10. The normalized spacial score (nSPS) is 10.9. The van der Waals surface area contributed by atoms with Crippen LogP contribution in [0.2, 0.25) is 0 Å². The zero-order valence-corrected chi connectivity index (χ0v) is 22.6. The lowest BCUT2D eigenvalue weighted by molar-refractivity contribution is -0.113. The average Bonchev–Trinajstić information content (AvgIpc) is 3.45. The molecular weight excluding hydrogens is 537 g/mol. The van der Waals surface area contributed by atoms with Crippen molar-refractivity contribution in [3.63, 3.8) is 0 Å². The van der Waals surface area contributed by atoms with Gasteiger partial charge >= 0.3 is 11.9 Å². The summed E-state index contributed by atoms with van der Waals surface area (Å²) in [6, 6.07) is 6.14. The van der Waals surface area contributed by atoms with E-state index in [0.717, 1.165) is 32.7 Å². The Morgan fingerprint density at radius 1 is 1.05 bits per heavy atom. The Morgan fingerprint density at radius 2 is 1.76 bits per heavy atom. The molecule has 4 aromatic rings. The Morgan fingerprint density at radius 3 is 2.46 bits per heavy atom. The standard InChI is InChI=1S/C25H22FN3O5S3/c1-4-33-24(31)18-13(3)20(25(32)34-5-2)37-23(18)29-17(30)11-36-22-19-16(10-35-21(19)27-12-28-22)14-6-8-15(26)9-7-14/h6-10,12H,4-5,11H2,1-3H3,(H,29,30). The molecule has 0 spiro atoms. The molecule has 0 saturated carbocycles. The molecule has 37 heavy (non-hydrogen) atoms. The van der Waals surface area contributed by atoms with E-state index >= 15 is 0 Å². The van der Waals surface area contributed by atoms with Crippen molar-refractivity contribution in [3.05, 3.63) is 57.8 Å². The number of aromatic nitrogens is 2. The molecule has 3 aromatic heterocycles. The van der Waals surface area contributed by atoms with Crippen molar-refractivity contribution < 1.29 is 28.2 Å². The van der Waals surface area contributed by atoms with Crippen LogP contribution in [0.3, 0.4) is 0 Å². The molecule has 1 N–H and O–H groups in total. The van der Waals surface area contributed by atoms with E-state index in [1.807, 2.05) is 5.38 Å². The Bertz CT molecular complexity index is 1470. The number of thiophene rings is 2. The lowest BCUT2D eigenvalue weighted by Gasteiger charge is -2.08. The number of rotatable bonds is 9. The summed E-state index contributed by atoms with van der Waals surface area (Å²) in [5.74, 6) is -1.94. The van der Waals surface area contributed by atoms with Crippen LogP contribution >= 0.6 is 34.4 Å². The van der Waals surface area contributed by atoms with Gasteiger partial charge in [0.1, 0.15) is 31.9 Å². The predicted molar refractivity (Wildman–Crippen MR) is 143 cm³/mol. The Hall–Kier alpha value is -3.35. The van der Waals surface area contributed by atoms with E-state index in [2.05, 4.69) is 15.3 Å². The Kier molecular flexibility index (Phi) is 8.52. The zero-order valence-electron chi connectivity index (χ0n) is 20.1. The number of fused-ring (bicyclic) bond motifs is 1. The summed E-state index contributed by atoms with van der Waals surface area (Å²) in [5, 5.41) is 6.26. The van der Waals surface area contributed by atoms with Gasteiger partial charge in [0.15, 0.2) is 0 Å². The molecule has 1 amide bonds. The first-order valence-corrected chi connectivity index (χ1v) is 13.9. The smallest absolute Gasteiger partial charge is 0.348 e. The number of nitrogens with one attached hydrogen (secondary N) is 1. The maximum atomic E-state index is 13.4. The Balaban J connectivity index is 1.57. The molecule has 0 radical (unpaired) electrons. The molecule has 192 valence electrons. The van der Waals surface area contributed by atoms with Gasteiger partial charge in [0.2, 0.25) is 5.91 Å². The van der Waals surface area contributed by atoms with Gasteiger partial charge < -0.3 is 14.8 Å². The maximum absolute atomic E-state index is 13.4. The first-order chi connectivity index (χ1) is 17.8. The number of halogens is 1. The fraction of sp³-hybridized carbons (Fsp3) is 0.240. The number of nitrogens with zero attached hydrogens (tertiary/aromatic N) is 2. The molecule has 0 saturated heterocycles. The Labute approximate surface area is 224 Å². The maximum Gasteiger partial charge on any atom is 0.348 e. The third kappa shape index (κ3) is 5.81. The van der Waals surface area contributed by atoms with Crippen LogP contribution in [0, 0.1) is 12.7 Å². The summed E-state index contributed by atoms with van der Waals surface area (Å²) >= 11 is 3.61. The quantitative estimate of drug-likeness (QED) is 0.152. The zero-order chi connectivity index (χ0) is 26.5. The highest BCUT2D eigenvalue weighted by atomic mass is 32.2. The van der Waals surface area contributed by atoms with E-state index in [1.54, 1.807) is 32.9 Å². The lowest BCUT2D eigenvalue weighted by atomic mass is 10.1. The summed E-state index contributed by atoms with van der Waals surface area (Å²) < 4.78 is 23.6. The summed E-state index contributed by atoms with van der Waals surface area (Å²) in [7, 11) is 0. The summed E-state index contributed by atoms with van der Waals surface area (Å²) in [5.41, 5.74) is 2.19. The second kappa shape index (κ2) is 11.8. The molecular formula is C25H22FN3O5S3. The number of anilines is 1. The first kappa shape index (κ1) is 26.7. The minimum atomic E-state index is -0.630. The molecule has 0 atom stereocenters. The third-order valence-electron chi connectivity index (χ3n) is 5.17. The van der Waals surface area contributed by atoms with Crippen LogP contribution in [0.5, 0.6) is 0 Å². The number of benzene rings is 1. The summed E-state index contributed by atoms with van der Waals surface area (Å²) in [4.78, 5) is 47.5. The van der Waals surface area contributed by atoms with Crippen molar-refractivity contribution in [3.8, 4) is 11.1 Å².